The number of fused-ring (bicyclic) bond motifs is 2. The standard InChI is InChI=1S/C30H37N5O/c1-29(27-17-25-8-2-5-11-34(25)32-27,28-18-26-9-3-6-12-35(26)33-28)36-13-7-4-10-31-30-19-22-14-23(20-30)16-24(15-22)21-30/h2-3,5-6,8-9,11-12,17-18,22-24,31H,4,7,10,13-16,19-21H2,1H3. The van der Waals surface area contributed by atoms with Crippen LogP contribution in [0.5, 0.6) is 0 Å². The van der Waals surface area contributed by atoms with Crippen molar-refractivity contribution in [2.45, 2.75) is 69.4 Å². The average Bonchev–Trinajstić information content (AvgIpc) is 3.50. The van der Waals surface area contributed by atoms with Crippen LogP contribution in [-0.2, 0) is 10.3 Å². The molecule has 4 aliphatic carbocycles. The van der Waals surface area contributed by atoms with Crippen molar-refractivity contribution >= 4 is 11.0 Å². The van der Waals surface area contributed by atoms with Crippen molar-refractivity contribution in [3.8, 4) is 0 Å². The maximum absolute atomic E-state index is 6.68. The molecule has 6 heteroatoms. The number of aromatic nitrogens is 4. The van der Waals surface area contributed by atoms with Crippen molar-refractivity contribution in [3.63, 3.8) is 0 Å². The Balaban J connectivity index is 1.04. The SMILES string of the molecule is CC(OCCCCNC12CC3CC(CC(C3)C1)C2)(c1cc2ccccn2n1)c1cc2ccccn2n1. The number of nitrogens with zero attached hydrogens (tertiary/aromatic N) is 4. The molecule has 0 unspecified atom stereocenters. The number of hydrogen-bond donors (Lipinski definition) is 1. The van der Waals surface area contributed by atoms with Gasteiger partial charge in [-0.3, -0.25) is 0 Å². The van der Waals surface area contributed by atoms with Gasteiger partial charge < -0.3 is 10.1 Å². The summed E-state index contributed by atoms with van der Waals surface area (Å²) >= 11 is 0. The van der Waals surface area contributed by atoms with Crippen LogP contribution in [0.25, 0.3) is 11.0 Å². The zero-order chi connectivity index (χ0) is 24.2. The molecule has 36 heavy (non-hydrogen) atoms. The largest absolute Gasteiger partial charge is 0.362 e. The highest BCUT2D eigenvalue weighted by Gasteiger charge is 2.50. The van der Waals surface area contributed by atoms with Gasteiger partial charge in [0.1, 0.15) is 11.4 Å². The van der Waals surface area contributed by atoms with Crippen molar-refractivity contribution < 1.29 is 4.74 Å². The number of nitrogens with one attached hydrogen (secondary N) is 1. The molecule has 4 aromatic heterocycles. The Morgan fingerprint density at radius 2 is 1.42 bits per heavy atom. The zero-order valence-corrected chi connectivity index (χ0v) is 21.3. The van der Waals surface area contributed by atoms with E-state index in [-0.39, 0.29) is 0 Å². The van der Waals surface area contributed by atoms with Gasteiger partial charge in [-0.1, -0.05) is 12.1 Å². The van der Waals surface area contributed by atoms with E-state index in [0.717, 1.165) is 59.6 Å². The summed E-state index contributed by atoms with van der Waals surface area (Å²) < 4.78 is 10.5. The molecule has 4 fully saturated rings. The molecular formula is C30H37N5O. The van der Waals surface area contributed by atoms with Crippen LogP contribution in [0.15, 0.2) is 60.9 Å². The first kappa shape index (κ1) is 22.5. The summed E-state index contributed by atoms with van der Waals surface area (Å²) in [6, 6.07) is 16.5. The Morgan fingerprint density at radius 1 is 0.861 bits per heavy atom. The molecular weight excluding hydrogens is 446 g/mol. The Bertz CT molecular complexity index is 1190. The minimum atomic E-state index is -0.717. The predicted octanol–water partition coefficient (Wildman–Crippen LogP) is 5.60. The number of unbranched alkanes of at least 4 members (excludes halogenated alkanes) is 1. The quantitative estimate of drug-likeness (QED) is 0.315. The van der Waals surface area contributed by atoms with Crippen LogP contribution in [0.2, 0.25) is 0 Å². The maximum Gasteiger partial charge on any atom is 0.153 e. The highest BCUT2D eigenvalue weighted by Crippen LogP contribution is 2.55. The summed E-state index contributed by atoms with van der Waals surface area (Å²) in [7, 11) is 0. The van der Waals surface area contributed by atoms with E-state index in [0.29, 0.717) is 12.1 Å². The number of ether oxygens (including phenoxy) is 1. The van der Waals surface area contributed by atoms with Crippen molar-refractivity contribution in [3.05, 3.63) is 72.3 Å². The normalized spacial score (nSPS) is 27.4. The van der Waals surface area contributed by atoms with E-state index in [9.17, 15) is 0 Å². The van der Waals surface area contributed by atoms with Crippen molar-refractivity contribution in [2.75, 3.05) is 13.2 Å². The van der Waals surface area contributed by atoms with Gasteiger partial charge in [0.15, 0.2) is 5.60 Å². The van der Waals surface area contributed by atoms with Crippen LogP contribution in [0.3, 0.4) is 0 Å². The van der Waals surface area contributed by atoms with E-state index < -0.39 is 5.60 Å². The van der Waals surface area contributed by atoms with Crippen molar-refractivity contribution in [1.29, 1.82) is 0 Å². The lowest BCUT2D eigenvalue weighted by molar-refractivity contribution is -0.0228. The van der Waals surface area contributed by atoms with E-state index in [1.54, 1.807) is 0 Å². The number of pyridine rings is 2. The molecule has 4 heterocycles. The first-order chi connectivity index (χ1) is 17.6. The molecule has 4 saturated carbocycles. The van der Waals surface area contributed by atoms with E-state index >= 15 is 0 Å². The smallest absolute Gasteiger partial charge is 0.153 e. The average molecular weight is 484 g/mol. The lowest BCUT2D eigenvalue weighted by Gasteiger charge is -2.57. The van der Waals surface area contributed by atoms with Gasteiger partial charge in [0.25, 0.3) is 0 Å². The maximum atomic E-state index is 6.68. The summed E-state index contributed by atoms with van der Waals surface area (Å²) in [5, 5.41) is 13.8. The molecule has 0 aliphatic heterocycles. The van der Waals surface area contributed by atoms with Crippen LogP contribution in [-0.4, -0.2) is 37.9 Å². The fourth-order valence-corrected chi connectivity index (χ4v) is 7.81. The predicted molar refractivity (Wildman–Crippen MR) is 141 cm³/mol. The Labute approximate surface area is 213 Å². The molecule has 4 aromatic rings. The Hall–Kier alpha value is -2.70. The fraction of sp³-hybridized carbons (Fsp3) is 0.533. The van der Waals surface area contributed by atoms with Crippen LogP contribution >= 0.6 is 0 Å². The topological polar surface area (TPSA) is 55.9 Å². The molecule has 6 nitrogen and oxygen atoms in total. The number of hydrogen-bond acceptors (Lipinski definition) is 4. The molecule has 188 valence electrons. The third kappa shape index (κ3) is 3.95. The van der Waals surface area contributed by atoms with Gasteiger partial charge in [0.2, 0.25) is 0 Å². The second-order valence-corrected chi connectivity index (χ2v) is 11.9. The number of rotatable bonds is 9. The first-order valence-corrected chi connectivity index (χ1v) is 13.9. The first-order valence-electron chi connectivity index (χ1n) is 13.9. The summed E-state index contributed by atoms with van der Waals surface area (Å²) in [5.74, 6) is 2.97. The zero-order valence-electron chi connectivity index (χ0n) is 21.3. The molecule has 0 amide bonds. The van der Waals surface area contributed by atoms with E-state index in [4.69, 9.17) is 14.9 Å². The molecule has 8 rings (SSSR count). The van der Waals surface area contributed by atoms with Gasteiger partial charge in [-0.15, -0.1) is 0 Å². The lowest BCUT2D eigenvalue weighted by atomic mass is 9.53. The van der Waals surface area contributed by atoms with Gasteiger partial charge in [-0.2, -0.15) is 10.2 Å². The van der Waals surface area contributed by atoms with Crippen LogP contribution in [0, 0.1) is 17.8 Å². The second-order valence-electron chi connectivity index (χ2n) is 11.9. The second kappa shape index (κ2) is 8.70. The highest BCUT2D eigenvalue weighted by molar-refractivity contribution is 5.52. The summed E-state index contributed by atoms with van der Waals surface area (Å²) in [4.78, 5) is 0. The van der Waals surface area contributed by atoms with Crippen LogP contribution in [0.4, 0.5) is 0 Å². The minimum Gasteiger partial charge on any atom is -0.362 e. The minimum absolute atomic E-state index is 0.442. The van der Waals surface area contributed by atoms with Gasteiger partial charge in [0, 0.05) is 24.5 Å². The molecule has 1 N–H and O–H groups in total. The summed E-state index contributed by atoms with van der Waals surface area (Å²) in [6.07, 6.45) is 14.9. The molecule has 4 bridgehead atoms. The molecule has 0 radical (unpaired) electrons. The molecule has 0 saturated heterocycles. The van der Waals surface area contributed by atoms with Crippen LogP contribution < -0.4 is 5.32 Å². The van der Waals surface area contributed by atoms with Gasteiger partial charge in [-0.25, -0.2) is 9.03 Å². The van der Waals surface area contributed by atoms with Gasteiger partial charge >= 0.3 is 0 Å². The molecule has 0 aromatic carbocycles. The Kier molecular flexibility index (Phi) is 5.44. The van der Waals surface area contributed by atoms with Crippen LogP contribution in [0.1, 0.15) is 69.7 Å². The molecule has 4 aliphatic rings. The molecule has 0 atom stereocenters. The Morgan fingerprint density at radius 3 is 1.94 bits per heavy atom. The van der Waals surface area contributed by atoms with E-state index in [1.165, 1.54) is 38.5 Å². The van der Waals surface area contributed by atoms with Gasteiger partial charge in [-0.05, 0) is 119 Å². The molecule has 0 spiro atoms. The summed E-state index contributed by atoms with van der Waals surface area (Å²) in [5.41, 5.74) is 3.63. The third-order valence-electron chi connectivity index (χ3n) is 9.22. The van der Waals surface area contributed by atoms with E-state index in [1.807, 2.05) is 45.7 Å². The van der Waals surface area contributed by atoms with Crippen molar-refractivity contribution in [1.82, 2.24) is 24.5 Å². The van der Waals surface area contributed by atoms with Crippen molar-refractivity contribution in [2.24, 2.45) is 17.8 Å². The lowest BCUT2D eigenvalue weighted by Crippen LogP contribution is -2.58. The third-order valence-corrected chi connectivity index (χ3v) is 9.22. The summed E-state index contributed by atoms with van der Waals surface area (Å²) in [6.45, 7) is 3.89. The fourth-order valence-electron chi connectivity index (χ4n) is 7.81. The highest BCUT2D eigenvalue weighted by atomic mass is 16.5. The monoisotopic (exact) mass is 483 g/mol. The van der Waals surface area contributed by atoms with E-state index in [2.05, 4.69) is 36.5 Å². The van der Waals surface area contributed by atoms with Gasteiger partial charge in [0.05, 0.1) is 11.0 Å².